The molecule has 0 heterocycles. The van der Waals surface area contributed by atoms with E-state index in [1.165, 1.54) is 11.6 Å². The van der Waals surface area contributed by atoms with E-state index < -0.39 is 0 Å². The van der Waals surface area contributed by atoms with Crippen molar-refractivity contribution in [2.24, 2.45) is 0 Å². The van der Waals surface area contributed by atoms with E-state index in [1.54, 1.807) is 6.07 Å². The fraction of sp³-hybridized carbons (Fsp3) is 0.250. The van der Waals surface area contributed by atoms with Gasteiger partial charge in [-0.3, -0.25) is 0 Å². The summed E-state index contributed by atoms with van der Waals surface area (Å²) in [7, 11) is 0. The van der Waals surface area contributed by atoms with Crippen molar-refractivity contribution in [2.45, 2.75) is 26.3 Å². The summed E-state index contributed by atoms with van der Waals surface area (Å²) in [5.74, 6) is 0.0801. The molecule has 2 N–H and O–H groups in total. The van der Waals surface area contributed by atoms with Crippen molar-refractivity contribution in [3.63, 3.8) is 0 Å². The fourth-order valence-electron chi connectivity index (χ4n) is 2.12. The average molecular weight is 310 g/mol. The summed E-state index contributed by atoms with van der Waals surface area (Å²) in [4.78, 5) is 0. The van der Waals surface area contributed by atoms with Crippen LogP contribution in [0.25, 0.3) is 0 Å². The van der Waals surface area contributed by atoms with Gasteiger partial charge >= 0.3 is 0 Å². The summed E-state index contributed by atoms with van der Waals surface area (Å²) in [6.45, 7) is 2.63. The Balaban J connectivity index is 2.17. The molecule has 2 aromatic rings. The van der Waals surface area contributed by atoms with Crippen LogP contribution in [0, 0.1) is 0 Å². The molecule has 0 aliphatic rings. The first-order chi connectivity index (χ1) is 9.61. The van der Waals surface area contributed by atoms with E-state index in [4.69, 9.17) is 23.2 Å². The molecule has 2 nitrogen and oxygen atoms in total. The first-order valence-corrected chi connectivity index (χ1v) is 7.36. The Labute approximate surface area is 129 Å². The maximum Gasteiger partial charge on any atom is 0.139 e. The SMILES string of the molecule is CCCc1ccccc1NCc1cc(Cl)cc(Cl)c1O. The van der Waals surface area contributed by atoms with Gasteiger partial charge in [0.15, 0.2) is 0 Å². The Kier molecular flexibility index (Phi) is 5.16. The number of para-hydroxylation sites is 1. The third kappa shape index (κ3) is 3.59. The van der Waals surface area contributed by atoms with Crippen LogP contribution in [-0.4, -0.2) is 5.11 Å². The number of hydrogen-bond acceptors (Lipinski definition) is 2. The van der Waals surface area contributed by atoms with E-state index in [0.29, 0.717) is 17.1 Å². The van der Waals surface area contributed by atoms with Gasteiger partial charge in [0.05, 0.1) is 5.02 Å². The van der Waals surface area contributed by atoms with Crippen LogP contribution in [0.4, 0.5) is 5.69 Å². The smallest absolute Gasteiger partial charge is 0.139 e. The first-order valence-electron chi connectivity index (χ1n) is 6.60. The Hall–Kier alpha value is -1.38. The Morgan fingerprint density at radius 1 is 1.10 bits per heavy atom. The van der Waals surface area contributed by atoms with Crippen molar-refractivity contribution in [1.82, 2.24) is 0 Å². The average Bonchev–Trinajstić information content (AvgIpc) is 2.43. The van der Waals surface area contributed by atoms with Crippen molar-refractivity contribution in [3.8, 4) is 5.75 Å². The molecule has 0 amide bonds. The number of aryl methyl sites for hydroxylation is 1. The summed E-state index contributed by atoms with van der Waals surface area (Å²) in [6.07, 6.45) is 2.11. The number of phenolic OH excluding ortho intramolecular Hbond substituents is 1. The van der Waals surface area contributed by atoms with E-state index in [9.17, 15) is 5.11 Å². The molecule has 0 fully saturated rings. The molecule has 0 radical (unpaired) electrons. The van der Waals surface area contributed by atoms with Gasteiger partial charge in [0.2, 0.25) is 0 Å². The summed E-state index contributed by atoms with van der Waals surface area (Å²) in [6, 6.07) is 11.4. The van der Waals surface area contributed by atoms with Gasteiger partial charge in [0.1, 0.15) is 5.75 Å². The summed E-state index contributed by atoms with van der Waals surface area (Å²) >= 11 is 11.9. The van der Waals surface area contributed by atoms with Crippen molar-refractivity contribution < 1.29 is 5.11 Å². The van der Waals surface area contributed by atoms with Crippen LogP contribution >= 0.6 is 23.2 Å². The van der Waals surface area contributed by atoms with Gasteiger partial charge in [-0.2, -0.15) is 0 Å². The van der Waals surface area contributed by atoms with Crippen LogP contribution < -0.4 is 5.32 Å². The molecule has 0 unspecified atom stereocenters. The molecule has 4 heteroatoms. The molecule has 0 aliphatic carbocycles. The molecule has 106 valence electrons. The normalized spacial score (nSPS) is 10.6. The zero-order valence-corrected chi connectivity index (χ0v) is 12.8. The van der Waals surface area contributed by atoms with E-state index in [-0.39, 0.29) is 10.8 Å². The minimum Gasteiger partial charge on any atom is -0.506 e. The third-order valence-electron chi connectivity index (χ3n) is 3.11. The number of hydrogen-bond donors (Lipinski definition) is 2. The maximum atomic E-state index is 9.94. The van der Waals surface area contributed by atoms with Gasteiger partial charge in [0, 0.05) is 22.8 Å². The lowest BCUT2D eigenvalue weighted by Gasteiger charge is -2.13. The minimum absolute atomic E-state index is 0.0801. The second-order valence-electron chi connectivity index (χ2n) is 4.66. The zero-order chi connectivity index (χ0) is 14.5. The molecule has 0 saturated heterocycles. The van der Waals surface area contributed by atoms with Gasteiger partial charge in [0.25, 0.3) is 0 Å². The number of halogens is 2. The van der Waals surface area contributed by atoms with Gasteiger partial charge in [-0.15, -0.1) is 0 Å². The van der Waals surface area contributed by atoms with Crippen LogP contribution in [0.2, 0.25) is 10.0 Å². The van der Waals surface area contributed by atoms with Crippen LogP contribution in [-0.2, 0) is 13.0 Å². The lowest BCUT2D eigenvalue weighted by Crippen LogP contribution is -2.03. The van der Waals surface area contributed by atoms with Gasteiger partial charge in [-0.25, -0.2) is 0 Å². The zero-order valence-electron chi connectivity index (χ0n) is 11.3. The van der Waals surface area contributed by atoms with E-state index in [0.717, 1.165) is 18.5 Å². The highest BCUT2D eigenvalue weighted by atomic mass is 35.5. The van der Waals surface area contributed by atoms with Crippen molar-refractivity contribution in [3.05, 3.63) is 57.6 Å². The van der Waals surface area contributed by atoms with Crippen LogP contribution in [0.5, 0.6) is 5.75 Å². The molecule has 0 aromatic heterocycles. The highest BCUT2D eigenvalue weighted by Gasteiger charge is 2.08. The first kappa shape index (κ1) is 15.0. The van der Waals surface area contributed by atoms with E-state index in [2.05, 4.69) is 18.3 Å². The molecule has 2 aromatic carbocycles. The fourth-order valence-corrected chi connectivity index (χ4v) is 2.66. The van der Waals surface area contributed by atoms with Crippen LogP contribution in [0.15, 0.2) is 36.4 Å². The van der Waals surface area contributed by atoms with Gasteiger partial charge in [-0.1, -0.05) is 54.7 Å². The second kappa shape index (κ2) is 6.87. The van der Waals surface area contributed by atoms with E-state index in [1.807, 2.05) is 18.2 Å². The predicted octanol–water partition coefficient (Wildman–Crippen LogP) is 5.26. The van der Waals surface area contributed by atoms with Crippen LogP contribution in [0.1, 0.15) is 24.5 Å². The van der Waals surface area contributed by atoms with Crippen molar-refractivity contribution >= 4 is 28.9 Å². The highest BCUT2D eigenvalue weighted by molar-refractivity contribution is 6.35. The van der Waals surface area contributed by atoms with E-state index >= 15 is 0 Å². The molecular formula is C16H17Cl2NO. The lowest BCUT2D eigenvalue weighted by molar-refractivity contribution is 0.469. The Morgan fingerprint density at radius 2 is 1.85 bits per heavy atom. The van der Waals surface area contributed by atoms with Crippen molar-refractivity contribution in [1.29, 1.82) is 0 Å². The minimum atomic E-state index is 0.0801. The summed E-state index contributed by atoms with van der Waals surface area (Å²) < 4.78 is 0. The number of anilines is 1. The highest BCUT2D eigenvalue weighted by Crippen LogP contribution is 2.31. The Morgan fingerprint density at radius 3 is 2.60 bits per heavy atom. The number of aromatic hydroxyl groups is 1. The molecule has 0 spiro atoms. The molecule has 0 saturated carbocycles. The molecular weight excluding hydrogens is 293 g/mol. The summed E-state index contributed by atoms with van der Waals surface area (Å²) in [5.41, 5.74) is 3.03. The second-order valence-corrected chi connectivity index (χ2v) is 5.50. The number of nitrogens with one attached hydrogen (secondary N) is 1. The number of rotatable bonds is 5. The quantitative estimate of drug-likeness (QED) is 0.789. The maximum absolute atomic E-state index is 9.94. The molecule has 20 heavy (non-hydrogen) atoms. The molecule has 0 aliphatic heterocycles. The Bertz CT molecular complexity index is 599. The third-order valence-corrected chi connectivity index (χ3v) is 3.62. The van der Waals surface area contributed by atoms with Gasteiger partial charge < -0.3 is 10.4 Å². The number of benzene rings is 2. The number of phenols is 1. The van der Waals surface area contributed by atoms with Gasteiger partial charge in [-0.05, 0) is 30.2 Å². The van der Waals surface area contributed by atoms with Crippen LogP contribution in [0.3, 0.4) is 0 Å². The summed E-state index contributed by atoms with van der Waals surface area (Å²) in [5, 5.41) is 14.1. The standard InChI is InChI=1S/C16H17Cl2NO/c1-2-5-11-6-3-4-7-15(11)19-10-12-8-13(17)9-14(18)16(12)20/h3-4,6-9,19-20H,2,5,10H2,1H3. The molecule has 0 bridgehead atoms. The largest absolute Gasteiger partial charge is 0.506 e. The van der Waals surface area contributed by atoms with Crippen molar-refractivity contribution in [2.75, 3.05) is 5.32 Å². The topological polar surface area (TPSA) is 32.3 Å². The molecule has 2 rings (SSSR count). The predicted molar refractivity (Wildman–Crippen MR) is 85.9 cm³/mol. The molecule has 0 atom stereocenters. The monoisotopic (exact) mass is 309 g/mol. The lowest BCUT2D eigenvalue weighted by atomic mass is 10.1.